The number of thiazole rings is 1. The molecule has 0 fully saturated rings. The molecule has 1 heterocycles. The van der Waals surface area contributed by atoms with E-state index in [0.29, 0.717) is 17.1 Å². The molecule has 0 amide bonds. The molecular formula is C17H17ClN2O2S2. The second kappa shape index (κ2) is 7.09. The van der Waals surface area contributed by atoms with Crippen molar-refractivity contribution >= 4 is 48.9 Å². The van der Waals surface area contributed by atoms with Gasteiger partial charge in [0, 0.05) is 16.3 Å². The van der Waals surface area contributed by atoms with Crippen LogP contribution < -0.4 is 4.72 Å². The molecule has 0 spiro atoms. The van der Waals surface area contributed by atoms with Gasteiger partial charge in [-0.15, -0.1) is 11.3 Å². The third-order valence-corrected chi connectivity index (χ3v) is 6.20. The van der Waals surface area contributed by atoms with Crippen LogP contribution in [0.4, 0.5) is 5.69 Å². The smallest absolute Gasteiger partial charge is 0.232 e. The third-order valence-electron chi connectivity index (χ3n) is 3.52. The quantitative estimate of drug-likeness (QED) is 0.642. The van der Waals surface area contributed by atoms with E-state index < -0.39 is 10.0 Å². The first-order valence-corrected chi connectivity index (χ1v) is 10.5. The van der Waals surface area contributed by atoms with Gasteiger partial charge < -0.3 is 0 Å². The Bertz CT molecular complexity index is 950. The van der Waals surface area contributed by atoms with Crippen LogP contribution in [0.5, 0.6) is 0 Å². The fourth-order valence-electron chi connectivity index (χ4n) is 2.27. The standard InChI is InChI=1S/C17H17ClN2O2S2/c1-2-3-10-24(21,22)20-14-7-4-12(5-8-14)17-19-15-9-6-13(18)11-16(15)23-17/h4-9,11,20H,2-3,10H2,1H3. The number of aromatic nitrogens is 1. The van der Waals surface area contributed by atoms with E-state index in [-0.39, 0.29) is 5.75 Å². The van der Waals surface area contributed by atoms with Crippen molar-refractivity contribution in [3.8, 4) is 10.6 Å². The number of nitrogens with zero attached hydrogens (tertiary/aromatic N) is 1. The van der Waals surface area contributed by atoms with Crippen LogP contribution in [-0.4, -0.2) is 19.2 Å². The SMILES string of the molecule is CCCCS(=O)(=O)Nc1ccc(-c2nc3ccc(Cl)cc3s2)cc1. The van der Waals surface area contributed by atoms with E-state index in [9.17, 15) is 8.42 Å². The van der Waals surface area contributed by atoms with Crippen molar-refractivity contribution in [1.82, 2.24) is 4.98 Å². The second-order valence-electron chi connectivity index (χ2n) is 5.48. The molecule has 0 aliphatic heterocycles. The average molecular weight is 381 g/mol. The molecular weight excluding hydrogens is 364 g/mol. The zero-order chi connectivity index (χ0) is 17.2. The lowest BCUT2D eigenvalue weighted by Crippen LogP contribution is -2.16. The number of sulfonamides is 1. The summed E-state index contributed by atoms with van der Waals surface area (Å²) >= 11 is 7.57. The summed E-state index contributed by atoms with van der Waals surface area (Å²) in [5.74, 6) is 0.143. The van der Waals surface area contributed by atoms with Gasteiger partial charge in [0.2, 0.25) is 10.0 Å². The first kappa shape index (κ1) is 17.2. The molecule has 1 aromatic heterocycles. The summed E-state index contributed by atoms with van der Waals surface area (Å²) in [6.45, 7) is 1.97. The zero-order valence-electron chi connectivity index (χ0n) is 13.1. The Morgan fingerprint density at radius 3 is 2.62 bits per heavy atom. The van der Waals surface area contributed by atoms with Crippen LogP contribution in [0.25, 0.3) is 20.8 Å². The van der Waals surface area contributed by atoms with Gasteiger partial charge in [-0.2, -0.15) is 0 Å². The average Bonchev–Trinajstić information content (AvgIpc) is 2.96. The third kappa shape index (κ3) is 4.06. The molecule has 0 atom stereocenters. The Morgan fingerprint density at radius 2 is 1.92 bits per heavy atom. The van der Waals surface area contributed by atoms with Gasteiger partial charge in [0.15, 0.2) is 0 Å². The van der Waals surface area contributed by atoms with Gasteiger partial charge in [0.1, 0.15) is 5.01 Å². The Kier molecular flexibility index (Phi) is 5.08. The normalized spacial score (nSPS) is 11.8. The minimum atomic E-state index is -3.28. The summed E-state index contributed by atoms with van der Waals surface area (Å²) < 4.78 is 27.5. The van der Waals surface area contributed by atoms with E-state index in [0.717, 1.165) is 27.2 Å². The van der Waals surface area contributed by atoms with Gasteiger partial charge in [-0.05, 0) is 48.9 Å². The highest BCUT2D eigenvalue weighted by Gasteiger charge is 2.11. The topological polar surface area (TPSA) is 59.1 Å². The van der Waals surface area contributed by atoms with Crippen LogP contribution in [0.3, 0.4) is 0 Å². The molecule has 2 aromatic carbocycles. The van der Waals surface area contributed by atoms with Crippen molar-refractivity contribution in [2.45, 2.75) is 19.8 Å². The maximum absolute atomic E-state index is 11.9. The maximum atomic E-state index is 11.9. The van der Waals surface area contributed by atoms with Crippen LogP contribution in [0.1, 0.15) is 19.8 Å². The number of nitrogens with one attached hydrogen (secondary N) is 1. The highest BCUT2D eigenvalue weighted by atomic mass is 35.5. The highest BCUT2D eigenvalue weighted by Crippen LogP contribution is 2.32. The molecule has 0 bridgehead atoms. The van der Waals surface area contributed by atoms with E-state index in [1.807, 2.05) is 37.3 Å². The summed E-state index contributed by atoms with van der Waals surface area (Å²) in [5, 5.41) is 1.57. The molecule has 0 aliphatic rings. The molecule has 7 heteroatoms. The number of unbranched alkanes of at least 4 members (excludes halogenated alkanes) is 1. The van der Waals surface area contributed by atoms with Crippen LogP contribution >= 0.6 is 22.9 Å². The Labute approximate surface area is 150 Å². The molecule has 3 aromatic rings. The van der Waals surface area contributed by atoms with Crippen molar-refractivity contribution in [2.24, 2.45) is 0 Å². The number of hydrogen-bond donors (Lipinski definition) is 1. The van der Waals surface area contributed by atoms with Crippen molar-refractivity contribution in [2.75, 3.05) is 10.5 Å². The van der Waals surface area contributed by atoms with Crippen molar-refractivity contribution in [3.63, 3.8) is 0 Å². The fraction of sp³-hybridized carbons (Fsp3) is 0.235. The number of halogens is 1. The molecule has 0 saturated carbocycles. The van der Waals surface area contributed by atoms with Gasteiger partial charge >= 0.3 is 0 Å². The van der Waals surface area contributed by atoms with Crippen LogP contribution in [0.2, 0.25) is 5.02 Å². The minimum absolute atomic E-state index is 0.143. The van der Waals surface area contributed by atoms with Gasteiger partial charge in [-0.1, -0.05) is 24.9 Å². The minimum Gasteiger partial charge on any atom is -0.284 e. The van der Waals surface area contributed by atoms with Crippen molar-refractivity contribution in [3.05, 3.63) is 47.5 Å². The van der Waals surface area contributed by atoms with Gasteiger partial charge in [-0.3, -0.25) is 4.72 Å². The predicted molar refractivity (Wildman–Crippen MR) is 102 cm³/mol. The molecule has 3 rings (SSSR count). The van der Waals surface area contributed by atoms with E-state index in [2.05, 4.69) is 9.71 Å². The second-order valence-corrected chi connectivity index (χ2v) is 8.79. The first-order chi connectivity index (χ1) is 11.5. The lowest BCUT2D eigenvalue weighted by molar-refractivity contribution is 0.598. The monoisotopic (exact) mass is 380 g/mol. The predicted octanol–water partition coefficient (Wildman–Crippen LogP) is 5.16. The lowest BCUT2D eigenvalue weighted by atomic mass is 10.2. The van der Waals surface area contributed by atoms with Crippen LogP contribution in [-0.2, 0) is 10.0 Å². The number of rotatable bonds is 6. The summed E-state index contributed by atoms with van der Waals surface area (Å²) in [6.07, 6.45) is 1.50. The summed E-state index contributed by atoms with van der Waals surface area (Å²) in [7, 11) is -3.28. The zero-order valence-corrected chi connectivity index (χ0v) is 15.5. The first-order valence-electron chi connectivity index (χ1n) is 7.64. The molecule has 0 unspecified atom stereocenters. The summed E-state index contributed by atoms with van der Waals surface area (Å²) in [4.78, 5) is 4.59. The van der Waals surface area contributed by atoms with Gasteiger partial charge in [-0.25, -0.2) is 13.4 Å². The summed E-state index contributed by atoms with van der Waals surface area (Å²) in [5.41, 5.74) is 2.42. The van der Waals surface area contributed by atoms with E-state index in [1.165, 1.54) is 0 Å². The molecule has 0 radical (unpaired) electrons. The van der Waals surface area contributed by atoms with Gasteiger partial charge in [0.05, 0.1) is 16.0 Å². The highest BCUT2D eigenvalue weighted by molar-refractivity contribution is 7.92. The van der Waals surface area contributed by atoms with Crippen molar-refractivity contribution < 1.29 is 8.42 Å². The Hall–Kier alpha value is -1.63. The molecule has 4 nitrogen and oxygen atoms in total. The fourth-order valence-corrected chi connectivity index (χ4v) is 4.78. The number of anilines is 1. The van der Waals surface area contributed by atoms with Gasteiger partial charge in [0.25, 0.3) is 0 Å². The lowest BCUT2D eigenvalue weighted by Gasteiger charge is -2.07. The van der Waals surface area contributed by atoms with Crippen molar-refractivity contribution in [1.29, 1.82) is 0 Å². The molecule has 24 heavy (non-hydrogen) atoms. The maximum Gasteiger partial charge on any atom is 0.232 e. The Balaban J connectivity index is 1.80. The number of fused-ring (bicyclic) bond motifs is 1. The van der Waals surface area contributed by atoms with Crippen LogP contribution in [0.15, 0.2) is 42.5 Å². The summed E-state index contributed by atoms with van der Waals surface area (Å²) in [6, 6.07) is 12.9. The largest absolute Gasteiger partial charge is 0.284 e. The number of hydrogen-bond acceptors (Lipinski definition) is 4. The molecule has 126 valence electrons. The molecule has 1 N–H and O–H groups in total. The number of benzene rings is 2. The molecule has 0 aliphatic carbocycles. The van der Waals surface area contributed by atoms with E-state index >= 15 is 0 Å². The molecule has 0 saturated heterocycles. The van der Waals surface area contributed by atoms with E-state index in [4.69, 9.17) is 11.6 Å². The van der Waals surface area contributed by atoms with Crippen LogP contribution in [0, 0.1) is 0 Å². The van der Waals surface area contributed by atoms with E-state index in [1.54, 1.807) is 23.5 Å². The Morgan fingerprint density at radius 1 is 1.17 bits per heavy atom.